The van der Waals surface area contributed by atoms with E-state index in [9.17, 15) is 4.79 Å². The molecule has 0 spiro atoms. The second-order valence-electron chi connectivity index (χ2n) is 4.77. The fourth-order valence-corrected chi connectivity index (χ4v) is 3.14. The maximum atomic E-state index is 11.7. The number of nitriles is 1. The lowest BCUT2D eigenvalue weighted by molar-refractivity contribution is -0.117. The van der Waals surface area contributed by atoms with Crippen LogP contribution >= 0.6 is 11.3 Å². The van der Waals surface area contributed by atoms with Crippen molar-refractivity contribution < 1.29 is 4.79 Å². The van der Waals surface area contributed by atoms with Gasteiger partial charge in [0, 0.05) is 30.3 Å². The van der Waals surface area contributed by atoms with Crippen LogP contribution in [0.4, 0.5) is 5.13 Å². The first-order valence-electron chi connectivity index (χ1n) is 6.15. The zero-order valence-electron chi connectivity index (χ0n) is 9.98. The van der Waals surface area contributed by atoms with Gasteiger partial charge in [-0.05, 0) is 12.8 Å². The van der Waals surface area contributed by atoms with Gasteiger partial charge in [-0.15, -0.1) is 11.3 Å². The number of carbonyl (C=O) groups excluding carboxylic acids is 1. The summed E-state index contributed by atoms with van der Waals surface area (Å²) in [6.45, 7) is 2.11. The fraction of sp³-hybridized carbons (Fsp3) is 0.583. The van der Waals surface area contributed by atoms with Crippen LogP contribution in [0.5, 0.6) is 0 Å². The van der Waals surface area contributed by atoms with Gasteiger partial charge in [-0.1, -0.05) is 0 Å². The average molecular weight is 262 g/mol. The maximum Gasteiger partial charge on any atom is 0.229 e. The van der Waals surface area contributed by atoms with Crippen LogP contribution in [0.3, 0.4) is 0 Å². The molecular formula is C12H14N4OS. The molecule has 94 valence electrons. The van der Waals surface area contributed by atoms with Crippen LogP contribution in [0.15, 0.2) is 0 Å². The van der Waals surface area contributed by atoms with Crippen molar-refractivity contribution in [2.75, 3.05) is 18.4 Å². The summed E-state index contributed by atoms with van der Waals surface area (Å²) in [5.74, 6) is 0.316. The Morgan fingerprint density at radius 2 is 2.44 bits per heavy atom. The molecule has 3 rings (SSSR count). The highest BCUT2D eigenvalue weighted by Gasteiger charge is 2.30. The Morgan fingerprint density at radius 3 is 3.17 bits per heavy atom. The normalized spacial score (nSPS) is 19.1. The minimum atomic E-state index is 0.106. The number of nitrogens with one attached hydrogen (secondary N) is 1. The van der Waals surface area contributed by atoms with Crippen LogP contribution in [0.1, 0.15) is 23.4 Å². The molecule has 6 heteroatoms. The number of nitrogens with zero attached hydrogens (tertiary/aromatic N) is 3. The molecule has 0 saturated heterocycles. The van der Waals surface area contributed by atoms with Crippen molar-refractivity contribution in [3.63, 3.8) is 0 Å². The van der Waals surface area contributed by atoms with Gasteiger partial charge >= 0.3 is 0 Å². The van der Waals surface area contributed by atoms with Crippen molar-refractivity contribution in [3.05, 3.63) is 10.6 Å². The number of fused-ring (bicyclic) bond motifs is 1. The molecule has 2 aliphatic rings. The Kier molecular flexibility index (Phi) is 3.02. The van der Waals surface area contributed by atoms with E-state index >= 15 is 0 Å². The summed E-state index contributed by atoms with van der Waals surface area (Å²) in [6.07, 6.45) is 2.88. The van der Waals surface area contributed by atoms with Gasteiger partial charge in [0.1, 0.15) is 0 Å². The van der Waals surface area contributed by atoms with Gasteiger partial charge in [0.25, 0.3) is 0 Å². The minimum Gasteiger partial charge on any atom is -0.302 e. The van der Waals surface area contributed by atoms with Crippen molar-refractivity contribution in [1.82, 2.24) is 9.88 Å². The summed E-state index contributed by atoms with van der Waals surface area (Å²) in [4.78, 5) is 19.4. The van der Waals surface area contributed by atoms with E-state index in [0.717, 1.165) is 43.2 Å². The van der Waals surface area contributed by atoms with E-state index in [-0.39, 0.29) is 11.8 Å². The Balaban J connectivity index is 1.68. The van der Waals surface area contributed by atoms with E-state index in [1.807, 2.05) is 0 Å². The summed E-state index contributed by atoms with van der Waals surface area (Å²) in [6, 6.07) is 2.17. The fourth-order valence-electron chi connectivity index (χ4n) is 2.09. The van der Waals surface area contributed by atoms with Crippen molar-refractivity contribution in [2.24, 2.45) is 5.92 Å². The lowest BCUT2D eigenvalue weighted by Gasteiger charge is -2.22. The SMILES string of the molecule is N#CCN1CCc2nc(NC(=O)C3CC3)sc2C1. The number of hydrogen-bond donors (Lipinski definition) is 1. The number of aromatic nitrogens is 1. The van der Waals surface area contributed by atoms with Crippen LogP contribution in [-0.2, 0) is 17.8 Å². The van der Waals surface area contributed by atoms with Crippen LogP contribution < -0.4 is 5.32 Å². The quantitative estimate of drug-likeness (QED) is 0.835. The van der Waals surface area contributed by atoms with Crippen molar-refractivity contribution >= 4 is 22.4 Å². The molecule has 1 amide bonds. The van der Waals surface area contributed by atoms with E-state index in [1.54, 1.807) is 11.3 Å². The predicted octanol–water partition coefficient (Wildman–Crippen LogP) is 1.37. The molecule has 2 heterocycles. The molecule has 0 aromatic carbocycles. The third-order valence-electron chi connectivity index (χ3n) is 3.28. The summed E-state index contributed by atoms with van der Waals surface area (Å²) in [5, 5.41) is 12.3. The standard InChI is InChI=1S/C12H14N4OS/c13-4-6-16-5-3-9-10(7-16)18-12(14-9)15-11(17)8-1-2-8/h8H,1-3,5-7H2,(H,14,15,17). The molecule has 0 atom stereocenters. The second-order valence-corrected chi connectivity index (χ2v) is 5.85. The molecule has 1 fully saturated rings. The Bertz CT molecular complexity index is 515. The third-order valence-corrected chi connectivity index (χ3v) is 4.28. The summed E-state index contributed by atoms with van der Waals surface area (Å²) < 4.78 is 0. The van der Waals surface area contributed by atoms with Crippen molar-refractivity contribution in [3.8, 4) is 6.07 Å². The monoisotopic (exact) mass is 262 g/mol. The second kappa shape index (κ2) is 4.67. The maximum absolute atomic E-state index is 11.7. The zero-order chi connectivity index (χ0) is 12.5. The van der Waals surface area contributed by atoms with E-state index in [1.165, 1.54) is 4.88 Å². The molecule has 1 N–H and O–H groups in total. The van der Waals surface area contributed by atoms with Crippen LogP contribution in [-0.4, -0.2) is 28.9 Å². The molecule has 1 aromatic heterocycles. The lowest BCUT2D eigenvalue weighted by atomic mass is 10.2. The van der Waals surface area contributed by atoms with E-state index < -0.39 is 0 Å². The molecule has 18 heavy (non-hydrogen) atoms. The Hall–Kier alpha value is -1.45. The zero-order valence-corrected chi connectivity index (χ0v) is 10.8. The predicted molar refractivity (Wildman–Crippen MR) is 68.1 cm³/mol. The molecule has 0 unspecified atom stereocenters. The van der Waals surface area contributed by atoms with Crippen molar-refractivity contribution in [2.45, 2.75) is 25.8 Å². The van der Waals surface area contributed by atoms with Gasteiger partial charge in [-0.3, -0.25) is 9.69 Å². The molecule has 1 saturated carbocycles. The Morgan fingerprint density at radius 1 is 1.61 bits per heavy atom. The van der Waals surface area contributed by atoms with Crippen molar-refractivity contribution in [1.29, 1.82) is 5.26 Å². The summed E-state index contributed by atoms with van der Waals surface area (Å²) >= 11 is 1.54. The molecule has 1 aliphatic carbocycles. The molecule has 1 aliphatic heterocycles. The minimum absolute atomic E-state index is 0.106. The number of anilines is 1. The summed E-state index contributed by atoms with van der Waals surface area (Å²) in [7, 11) is 0. The highest BCUT2D eigenvalue weighted by atomic mass is 32.1. The van der Waals surface area contributed by atoms with E-state index in [4.69, 9.17) is 5.26 Å². The first-order valence-corrected chi connectivity index (χ1v) is 6.96. The molecule has 0 bridgehead atoms. The molecule has 5 nitrogen and oxygen atoms in total. The average Bonchev–Trinajstić information content (AvgIpc) is 3.11. The lowest BCUT2D eigenvalue weighted by Crippen LogP contribution is -2.30. The number of rotatable bonds is 3. The van der Waals surface area contributed by atoms with Gasteiger partial charge in [0.05, 0.1) is 18.3 Å². The molecule has 0 radical (unpaired) electrons. The van der Waals surface area contributed by atoms with E-state index in [2.05, 4.69) is 21.3 Å². The molecular weight excluding hydrogens is 248 g/mol. The number of carbonyl (C=O) groups is 1. The van der Waals surface area contributed by atoms with E-state index in [0.29, 0.717) is 6.54 Å². The van der Waals surface area contributed by atoms with Gasteiger partial charge in [0.2, 0.25) is 5.91 Å². The third kappa shape index (κ3) is 2.37. The van der Waals surface area contributed by atoms with Gasteiger partial charge in [0.15, 0.2) is 5.13 Å². The summed E-state index contributed by atoms with van der Waals surface area (Å²) in [5.41, 5.74) is 1.08. The van der Waals surface area contributed by atoms with Crippen LogP contribution in [0, 0.1) is 17.2 Å². The highest BCUT2D eigenvalue weighted by molar-refractivity contribution is 7.15. The highest BCUT2D eigenvalue weighted by Crippen LogP contribution is 2.32. The smallest absolute Gasteiger partial charge is 0.229 e. The Labute approximate surface area is 109 Å². The first-order chi connectivity index (χ1) is 8.76. The van der Waals surface area contributed by atoms with Gasteiger partial charge < -0.3 is 5.32 Å². The van der Waals surface area contributed by atoms with Gasteiger partial charge in [-0.25, -0.2) is 4.98 Å². The van der Waals surface area contributed by atoms with Gasteiger partial charge in [-0.2, -0.15) is 5.26 Å². The number of thiazole rings is 1. The first kappa shape index (κ1) is 11.6. The number of amides is 1. The topological polar surface area (TPSA) is 69.0 Å². The largest absolute Gasteiger partial charge is 0.302 e. The van der Waals surface area contributed by atoms with Crippen LogP contribution in [0.25, 0.3) is 0 Å². The molecule has 1 aromatic rings. The van der Waals surface area contributed by atoms with Crippen LogP contribution in [0.2, 0.25) is 0 Å². The number of hydrogen-bond acceptors (Lipinski definition) is 5.